The summed E-state index contributed by atoms with van der Waals surface area (Å²) in [5.74, 6) is 0.677. The van der Waals surface area contributed by atoms with Crippen molar-refractivity contribution in [3.63, 3.8) is 0 Å². The van der Waals surface area contributed by atoms with Crippen molar-refractivity contribution in [3.05, 3.63) is 91.7 Å². The van der Waals surface area contributed by atoms with Gasteiger partial charge in [-0.3, -0.25) is 14.9 Å². The summed E-state index contributed by atoms with van der Waals surface area (Å²) in [6.45, 7) is 5.56. The molecule has 0 aliphatic heterocycles. The van der Waals surface area contributed by atoms with Gasteiger partial charge in [-0.05, 0) is 63.2 Å². The Hall–Kier alpha value is -4.70. The lowest BCUT2D eigenvalue weighted by molar-refractivity contribution is -0.386. The molecule has 0 aliphatic carbocycles. The first-order chi connectivity index (χ1) is 18.7. The maximum atomic E-state index is 13.5. The molecule has 0 amide bonds. The Morgan fingerprint density at radius 1 is 1.18 bits per heavy atom. The number of fused-ring (bicyclic) bond motifs is 2. The van der Waals surface area contributed by atoms with E-state index in [0.717, 1.165) is 10.1 Å². The summed E-state index contributed by atoms with van der Waals surface area (Å²) in [6.07, 6.45) is 1.01. The van der Waals surface area contributed by atoms with E-state index in [4.69, 9.17) is 25.5 Å². The summed E-state index contributed by atoms with van der Waals surface area (Å²) in [7, 11) is 0. The number of hydrogen-bond donors (Lipinski definition) is 0. The van der Waals surface area contributed by atoms with Gasteiger partial charge in [-0.2, -0.15) is 9.78 Å². The summed E-state index contributed by atoms with van der Waals surface area (Å²) in [5, 5.41) is 17.9. The van der Waals surface area contributed by atoms with Crippen molar-refractivity contribution >= 4 is 45.4 Å². The summed E-state index contributed by atoms with van der Waals surface area (Å²) in [6, 6.07) is 16.6. The van der Waals surface area contributed by atoms with Gasteiger partial charge in [-0.15, -0.1) is 0 Å². The first kappa shape index (κ1) is 25.9. The van der Waals surface area contributed by atoms with Crippen LogP contribution in [0.25, 0.3) is 33.5 Å². The van der Waals surface area contributed by atoms with Crippen molar-refractivity contribution in [2.75, 3.05) is 6.61 Å². The van der Waals surface area contributed by atoms with Gasteiger partial charge in [0.1, 0.15) is 5.58 Å². The number of hydrogen-bond acceptors (Lipinski definition) is 8. The van der Waals surface area contributed by atoms with Crippen molar-refractivity contribution in [1.29, 1.82) is 0 Å². The van der Waals surface area contributed by atoms with Crippen LogP contribution < -0.4 is 15.0 Å². The monoisotopic (exact) mass is 546 g/mol. The van der Waals surface area contributed by atoms with Gasteiger partial charge in [0.25, 0.3) is 5.56 Å². The van der Waals surface area contributed by atoms with E-state index in [1.165, 1.54) is 12.3 Å². The van der Waals surface area contributed by atoms with Crippen LogP contribution in [-0.4, -0.2) is 33.5 Å². The van der Waals surface area contributed by atoms with E-state index in [0.29, 0.717) is 32.8 Å². The maximum Gasteiger partial charge on any atom is 0.315 e. The molecule has 0 radical (unpaired) electrons. The highest BCUT2D eigenvalue weighted by Crippen LogP contribution is 2.39. The van der Waals surface area contributed by atoms with E-state index in [1.54, 1.807) is 75.4 Å². The van der Waals surface area contributed by atoms with Crippen molar-refractivity contribution in [2.24, 2.45) is 5.10 Å². The molecule has 198 valence electrons. The molecule has 0 aliphatic rings. The molecule has 0 N–H and O–H groups in total. The largest absolute Gasteiger partial charge is 0.490 e. The molecule has 0 spiro atoms. The van der Waals surface area contributed by atoms with Gasteiger partial charge < -0.3 is 13.9 Å². The second-order valence-electron chi connectivity index (χ2n) is 8.83. The van der Waals surface area contributed by atoms with Crippen LogP contribution in [0.15, 0.2) is 75.0 Å². The predicted molar refractivity (Wildman–Crippen MR) is 149 cm³/mol. The van der Waals surface area contributed by atoms with Gasteiger partial charge in [-0.1, -0.05) is 23.7 Å². The van der Waals surface area contributed by atoms with Crippen molar-refractivity contribution in [2.45, 2.75) is 26.9 Å². The highest BCUT2D eigenvalue weighted by atomic mass is 35.5. The number of benzene rings is 3. The molecule has 5 aromatic rings. The van der Waals surface area contributed by atoms with Crippen LogP contribution >= 0.6 is 11.6 Å². The Labute approximate surface area is 227 Å². The van der Waals surface area contributed by atoms with Gasteiger partial charge in [0.05, 0.1) is 34.8 Å². The summed E-state index contributed by atoms with van der Waals surface area (Å²) < 4.78 is 18.4. The second-order valence-corrected chi connectivity index (χ2v) is 9.27. The third kappa shape index (κ3) is 5.19. The summed E-state index contributed by atoms with van der Waals surface area (Å²) in [5.41, 5.74) is 0.625. The fourth-order valence-electron chi connectivity index (χ4n) is 4.07. The topological polar surface area (TPSA) is 122 Å². The van der Waals surface area contributed by atoms with E-state index in [9.17, 15) is 14.9 Å². The van der Waals surface area contributed by atoms with Gasteiger partial charge in [0.15, 0.2) is 11.5 Å². The van der Waals surface area contributed by atoms with E-state index >= 15 is 0 Å². The maximum absolute atomic E-state index is 13.5. The van der Waals surface area contributed by atoms with Crippen molar-refractivity contribution in [3.8, 4) is 23.1 Å². The smallest absolute Gasteiger partial charge is 0.315 e. The van der Waals surface area contributed by atoms with Crippen LogP contribution in [0.5, 0.6) is 11.5 Å². The van der Waals surface area contributed by atoms with E-state index < -0.39 is 10.5 Å². The lowest BCUT2D eigenvalue weighted by atomic mass is 10.1. The molecule has 0 saturated heterocycles. The van der Waals surface area contributed by atoms with Crippen LogP contribution in [0.3, 0.4) is 0 Å². The standard InChI is InChI=1S/C28H23ClN4O6/c1-4-37-24-12-17(11-22(33(35)36)26(24)38-16(2)3)15-30-32-27(31-21-8-6-5-7-20(21)28(32)34)25-14-18-13-19(29)9-10-23(18)39-25/h5-16H,4H2,1-3H3. The van der Waals surface area contributed by atoms with Crippen LogP contribution in [0.4, 0.5) is 5.69 Å². The van der Waals surface area contributed by atoms with Crippen LogP contribution in [0.2, 0.25) is 5.02 Å². The van der Waals surface area contributed by atoms with Gasteiger partial charge in [-0.25, -0.2) is 4.98 Å². The fourth-order valence-corrected chi connectivity index (χ4v) is 4.25. The van der Waals surface area contributed by atoms with Gasteiger partial charge >= 0.3 is 5.69 Å². The molecule has 0 saturated carbocycles. The summed E-state index contributed by atoms with van der Waals surface area (Å²) in [4.78, 5) is 29.5. The number of nitro groups is 1. The normalized spacial score (nSPS) is 11.6. The zero-order chi connectivity index (χ0) is 27.7. The molecule has 0 bridgehead atoms. The highest BCUT2D eigenvalue weighted by molar-refractivity contribution is 6.31. The number of furan rings is 1. The second kappa shape index (κ2) is 10.6. The average Bonchev–Trinajstić information content (AvgIpc) is 3.32. The Morgan fingerprint density at radius 3 is 2.72 bits per heavy atom. The van der Waals surface area contributed by atoms with Crippen molar-refractivity contribution in [1.82, 2.24) is 9.66 Å². The van der Waals surface area contributed by atoms with E-state index in [2.05, 4.69) is 10.1 Å². The highest BCUT2D eigenvalue weighted by Gasteiger charge is 2.24. The number of nitro benzene ring substituents is 1. The lowest BCUT2D eigenvalue weighted by Gasteiger charge is -2.15. The van der Waals surface area contributed by atoms with E-state index in [-0.39, 0.29) is 35.7 Å². The van der Waals surface area contributed by atoms with Crippen molar-refractivity contribution < 1.29 is 18.8 Å². The third-order valence-electron chi connectivity index (χ3n) is 5.68. The predicted octanol–water partition coefficient (Wildman–Crippen LogP) is 6.44. The minimum Gasteiger partial charge on any atom is -0.490 e. The number of aromatic nitrogens is 2. The Morgan fingerprint density at radius 2 is 1.97 bits per heavy atom. The first-order valence-electron chi connectivity index (χ1n) is 12.1. The van der Waals surface area contributed by atoms with Crippen LogP contribution in [-0.2, 0) is 0 Å². The fraction of sp³-hybridized carbons (Fsp3) is 0.179. The molecular formula is C28H23ClN4O6. The Bertz CT molecular complexity index is 1810. The third-order valence-corrected chi connectivity index (χ3v) is 5.92. The number of ether oxygens (including phenoxy) is 2. The Balaban J connectivity index is 1.69. The molecule has 0 unspecified atom stereocenters. The molecule has 5 rings (SSSR count). The minimum atomic E-state index is -0.549. The lowest BCUT2D eigenvalue weighted by Crippen LogP contribution is -2.20. The van der Waals surface area contributed by atoms with E-state index in [1.807, 2.05) is 0 Å². The molecule has 2 heterocycles. The Kier molecular flexibility index (Phi) is 7.03. The number of rotatable bonds is 8. The van der Waals surface area contributed by atoms with Gasteiger partial charge in [0, 0.05) is 22.0 Å². The molecule has 3 aromatic carbocycles. The number of halogens is 1. The molecule has 2 aromatic heterocycles. The summed E-state index contributed by atoms with van der Waals surface area (Å²) >= 11 is 6.13. The van der Waals surface area contributed by atoms with Gasteiger partial charge in [0.2, 0.25) is 11.6 Å². The molecule has 39 heavy (non-hydrogen) atoms. The number of nitrogens with zero attached hydrogens (tertiary/aromatic N) is 4. The molecule has 0 fully saturated rings. The SMILES string of the molecule is CCOc1cc(C=Nn2c(-c3cc4cc(Cl)ccc4o3)nc3ccccc3c2=O)cc([N+](=O)[O-])c1OC(C)C. The zero-order valence-electron chi connectivity index (χ0n) is 21.3. The number of para-hydroxylation sites is 1. The van der Waals surface area contributed by atoms with Crippen LogP contribution in [0.1, 0.15) is 26.3 Å². The quantitative estimate of drug-likeness (QED) is 0.125. The zero-order valence-corrected chi connectivity index (χ0v) is 22.0. The molecular weight excluding hydrogens is 524 g/mol. The molecule has 0 atom stereocenters. The minimum absolute atomic E-state index is 0.0279. The molecule has 11 heteroatoms. The first-order valence-corrected chi connectivity index (χ1v) is 12.5. The molecule has 10 nitrogen and oxygen atoms in total. The van der Waals surface area contributed by atoms with Crippen LogP contribution in [0, 0.1) is 10.1 Å². The average molecular weight is 547 g/mol.